The number of alkyl carbamates (subject to hydrolysis) is 2. The molecule has 0 radical (unpaired) electrons. The van der Waals surface area contributed by atoms with Gasteiger partial charge in [-0.3, -0.25) is 14.9 Å². The van der Waals surface area contributed by atoms with Gasteiger partial charge in [-0.15, -0.1) is 0 Å². The van der Waals surface area contributed by atoms with E-state index in [4.69, 9.17) is 29.4 Å². The van der Waals surface area contributed by atoms with Crippen LogP contribution in [0, 0.1) is 11.8 Å². The summed E-state index contributed by atoms with van der Waals surface area (Å²) >= 11 is 0. The van der Waals surface area contributed by atoms with Crippen LogP contribution in [0.4, 0.5) is 9.59 Å². The number of fused-ring (bicyclic) bond motifs is 3. The van der Waals surface area contributed by atoms with Gasteiger partial charge in [0, 0.05) is 17.7 Å². The molecule has 2 saturated heterocycles. The maximum Gasteiger partial charge on any atom is 0.407 e. The number of benzene rings is 2. The van der Waals surface area contributed by atoms with E-state index < -0.39 is 29.8 Å². The van der Waals surface area contributed by atoms with E-state index >= 15 is 0 Å². The predicted molar refractivity (Wildman–Crippen MR) is 221 cm³/mol. The molecule has 6 aromatic rings. The van der Waals surface area contributed by atoms with Crippen molar-refractivity contribution >= 4 is 57.2 Å². The van der Waals surface area contributed by atoms with Crippen LogP contribution in [0.5, 0.6) is 0 Å². The number of imidazole rings is 2. The highest BCUT2D eigenvalue weighted by molar-refractivity contribution is 5.96. The second-order valence-corrected chi connectivity index (χ2v) is 16.0. The number of aromatic amines is 2. The fourth-order valence-electron chi connectivity index (χ4n) is 8.26. The average molecular weight is 817 g/mol. The first-order chi connectivity index (χ1) is 28.9. The van der Waals surface area contributed by atoms with Crippen molar-refractivity contribution in [1.82, 2.24) is 60.7 Å². The van der Waals surface area contributed by atoms with Gasteiger partial charge >= 0.3 is 12.2 Å². The summed E-state index contributed by atoms with van der Waals surface area (Å²) in [6.07, 6.45) is 4.80. The summed E-state index contributed by atoms with van der Waals surface area (Å²) in [4.78, 5) is 88.6. The molecule has 8 rings (SSSR count). The molecule has 4 aromatic heterocycles. The van der Waals surface area contributed by atoms with E-state index in [1.165, 1.54) is 14.2 Å². The quantitative estimate of drug-likeness (QED) is 0.115. The Morgan fingerprint density at radius 1 is 0.767 bits per heavy atom. The first kappa shape index (κ1) is 40.2. The lowest BCUT2D eigenvalue weighted by molar-refractivity contribution is -0.135. The number of methoxy groups -OCH3 is 2. The molecule has 0 aliphatic carbocycles. The third kappa shape index (κ3) is 7.46. The van der Waals surface area contributed by atoms with Crippen molar-refractivity contribution in [2.45, 2.75) is 77.0 Å². The first-order valence-electron chi connectivity index (χ1n) is 20.2. The normalized spacial score (nSPS) is 19.0. The zero-order valence-electron chi connectivity index (χ0n) is 34.3. The van der Waals surface area contributed by atoms with Crippen LogP contribution in [0.1, 0.15) is 71.1 Å². The number of ketones is 1. The molecule has 2 aliphatic heterocycles. The number of carbonyl (C=O) groups is 4. The molecule has 18 heteroatoms. The molecule has 0 bridgehead atoms. The number of likely N-dealkylation sites (tertiary alicyclic amines) is 1. The Bertz CT molecular complexity index is 2610. The molecule has 60 heavy (non-hydrogen) atoms. The lowest BCUT2D eigenvalue weighted by atomic mass is 9.83. The van der Waals surface area contributed by atoms with Crippen LogP contribution in [0.25, 0.3) is 55.9 Å². The van der Waals surface area contributed by atoms with Crippen LogP contribution in [0.2, 0.25) is 0 Å². The zero-order chi connectivity index (χ0) is 42.3. The highest BCUT2D eigenvalue weighted by atomic mass is 16.5. The molecular formula is C42H48N12O6. The summed E-state index contributed by atoms with van der Waals surface area (Å²) in [5.74, 6) is 0.289. The number of hydrogen-bond donors (Lipinski definition) is 5. The Hall–Kier alpha value is -6.56. The van der Waals surface area contributed by atoms with E-state index in [1.807, 2.05) is 64.1 Å². The fraction of sp³-hybridized carbons (Fsp3) is 0.429. The van der Waals surface area contributed by atoms with E-state index in [-0.39, 0.29) is 29.6 Å². The van der Waals surface area contributed by atoms with Crippen molar-refractivity contribution in [3.8, 4) is 22.5 Å². The summed E-state index contributed by atoms with van der Waals surface area (Å²) in [6, 6.07) is 10.2. The molecule has 2 aliphatic rings. The summed E-state index contributed by atoms with van der Waals surface area (Å²) in [6.45, 7) is 8.67. The van der Waals surface area contributed by atoms with Crippen LogP contribution in [0.3, 0.4) is 0 Å². The van der Waals surface area contributed by atoms with Gasteiger partial charge in [-0.25, -0.2) is 39.5 Å². The molecule has 5 N–H and O–H groups in total. The molecule has 312 valence electrons. The number of nitrogens with zero attached hydrogens (tertiary/aromatic N) is 7. The van der Waals surface area contributed by atoms with Crippen molar-refractivity contribution in [3.05, 3.63) is 60.4 Å². The Balaban J connectivity index is 1.02. The number of amides is 3. The second-order valence-electron chi connectivity index (χ2n) is 16.0. The SMILES string of the molecule is COC(=O)N[C@H](C(=O)N1CCC[C@H]1c1nc2ncc(-c3ccc4cc(-c5cnc6nc([C@]7(C(=O)[C@@H](NC(=O)OC)C(C)C)CCCN7)[nH]c6n5)ccc4c3)nc2[nH]1)C(C)C. The lowest BCUT2D eigenvalue weighted by Gasteiger charge is -2.32. The number of ether oxygens (including phenoxy) is 2. The molecule has 0 saturated carbocycles. The minimum Gasteiger partial charge on any atom is -0.453 e. The molecule has 2 aromatic carbocycles. The van der Waals surface area contributed by atoms with E-state index in [1.54, 1.807) is 17.3 Å². The topological polar surface area (TPSA) is 235 Å². The van der Waals surface area contributed by atoms with Gasteiger partial charge in [-0.05, 0) is 67.0 Å². The van der Waals surface area contributed by atoms with E-state index in [0.29, 0.717) is 71.6 Å². The number of aromatic nitrogens is 8. The number of hydrogen-bond acceptors (Lipinski definition) is 13. The summed E-state index contributed by atoms with van der Waals surface area (Å²) in [5.41, 5.74) is 3.64. The fourth-order valence-corrected chi connectivity index (χ4v) is 8.26. The van der Waals surface area contributed by atoms with E-state index in [2.05, 4.69) is 35.9 Å². The summed E-state index contributed by atoms with van der Waals surface area (Å²) < 4.78 is 9.56. The van der Waals surface area contributed by atoms with Gasteiger partial charge < -0.3 is 35.0 Å². The van der Waals surface area contributed by atoms with Crippen molar-refractivity contribution in [1.29, 1.82) is 0 Å². The molecule has 0 spiro atoms. The van der Waals surface area contributed by atoms with Gasteiger partial charge in [0.2, 0.25) is 5.91 Å². The van der Waals surface area contributed by atoms with Crippen LogP contribution >= 0.6 is 0 Å². The van der Waals surface area contributed by atoms with Gasteiger partial charge in [-0.2, -0.15) is 0 Å². The highest BCUT2D eigenvalue weighted by Crippen LogP contribution is 2.35. The molecular weight excluding hydrogens is 769 g/mol. The van der Waals surface area contributed by atoms with Gasteiger partial charge in [0.1, 0.15) is 23.2 Å². The van der Waals surface area contributed by atoms with Crippen LogP contribution < -0.4 is 16.0 Å². The Kier molecular flexibility index (Phi) is 10.9. The number of H-pyrrole nitrogens is 2. The minimum atomic E-state index is -1.14. The first-order valence-corrected chi connectivity index (χ1v) is 20.2. The molecule has 3 amide bonds. The largest absolute Gasteiger partial charge is 0.453 e. The molecule has 4 atom stereocenters. The zero-order valence-corrected chi connectivity index (χ0v) is 34.3. The Morgan fingerprint density at radius 3 is 1.92 bits per heavy atom. The smallest absolute Gasteiger partial charge is 0.407 e. The predicted octanol–water partition coefficient (Wildman–Crippen LogP) is 5.08. The molecule has 2 fully saturated rings. The highest BCUT2D eigenvalue weighted by Gasteiger charge is 2.49. The number of carbonyl (C=O) groups excluding carboxylic acids is 4. The number of Topliss-reactive ketones (excluding diaryl/α,β-unsaturated/α-hetero) is 1. The van der Waals surface area contributed by atoms with Crippen molar-refractivity contribution in [3.63, 3.8) is 0 Å². The minimum absolute atomic E-state index is 0.142. The van der Waals surface area contributed by atoms with Gasteiger partial charge in [0.25, 0.3) is 0 Å². The molecule has 6 heterocycles. The van der Waals surface area contributed by atoms with E-state index in [0.717, 1.165) is 34.7 Å². The van der Waals surface area contributed by atoms with Crippen LogP contribution in [-0.2, 0) is 24.6 Å². The second kappa shape index (κ2) is 16.2. The lowest BCUT2D eigenvalue weighted by Crippen LogP contribution is -2.57. The average Bonchev–Trinajstić information content (AvgIpc) is 4.09. The molecule has 0 unspecified atom stereocenters. The Labute approximate surface area is 345 Å². The van der Waals surface area contributed by atoms with Gasteiger partial charge in [-0.1, -0.05) is 52.0 Å². The number of nitrogens with one attached hydrogen (secondary N) is 5. The summed E-state index contributed by atoms with van der Waals surface area (Å²) in [7, 11) is 2.55. The maximum absolute atomic E-state index is 14.1. The van der Waals surface area contributed by atoms with Crippen molar-refractivity contribution in [2.75, 3.05) is 27.3 Å². The monoisotopic (exact) mass is 816 g/mol. The molecule has 18 nitrogen and oxygen atoms in total. The summed E-state index contributed by atoms with van der Waals surface area (Å²) in [5, 5.41) is 10.7. The van der Waals surface area contributed by atoms with Gasteiger partial charge in [0.15, 0.2) is 28.4 Å². The van der Waals surface area contributed by atoms with Crippen molar-refractivity contribution < 1.29 is 28.7 Å². The van der Waals surface area contributed by atoms with Crippen LogP contribution in [-0.4, -0.2) is 108 Å². The van der Waals surface area contributed by atoms with E-state index in [9.17, 15) is 19.2 Å². The maximum atomic E-state index is 14.1. The third-order valence-electron chi connectivity index (χ3n) is 11.5. The number of rotatable bonds is 11. The Morgan fingerprint density at radius 2 is 1.35 bits per heavy atom. The van der Waals surface area contributed by atoms with Crippen molar-refractivity contribution in [2.24, 2.45) is 11.8 Å². The van der Waals surface area contributed by atoms with Gasteiger partial charge in [0.05, 0.1) is 50.1 Å². The van der Waals surface area contributed by atoms with Crippen LogP contribution in [0.15, 0.2) is 48.8 Å². The standard InChI is InChI=1S/C42H48N12O6/c1-21(2)30(48-40(57)59-5)32(55)42(14-8-15-45-42)39-52-35-37(53-39)47-28(20-44-35)26-13-11-23-17-25(12-10-24(23)18-26)27-19-43-34-36(46-27)51-33(50-34)29-9-7-16-54(29)38(56)31(22(3)4)49-41(58)60-6/h10-13,17-22,29-31,45H,7-9,14-16H2,1-6H3,(H,48,57)(H,49,58)(H,43,46,50,51)(H,44,47,52,53)/t29-,30-,31-,42+/m0/s1. The third-order valence-corrected chi connectivity index (χ3v) is 11.5.